The summed E-state index contributed by atoms with van der Waals surface area (Å²) in [5.74, 6) is -0.0668. The van der Waals surface area contributed by atoms with E-state index in [4.69, 9.17) is 15.7 Å². The van der Waals surface area contributed by atoms with Gasteiger partial charge in [-0.3, -0.25) is 4.79 Å². The molecule has 1 fully saturated rings. The Bertz CT molecular complexity index is 540. The van der Waals surface area contributed by atoms with Crippen molar-refractivity contribution in [2.75, 3.05) is 7.11 Å². The van der Waals surface area contributed by atoms with Gasteiger partial charge in [0.05, 0.1) is 18.7 Å². The molecule has 2 rings (SSSR count). The van der Waals surface area contributed by atoms with Gasteiger partial charge in [0.1, 0.15) is 11.5 Å². The summed E-state index contributed by atoms with van der Waals surface area (Å²) in [5.41, 5.74) is 5.68. The fourth-order valence-electron chi connectivity index (χ4n) is 1.97. The molecule has 1 unspecified atom stereocenters. The average Bonchev–Trinajstić information content (AvgIpc) is 3.27. The van der Waals surface area contributed by atoms with Crippen molar-refractivity contribution in [1.82, 2.24) is 5.32 Å². The number of hydrogen-bond acceptors (Lipinski definition) is 5. The van der Waals surface area contributed by atoms with Crippen LogP contribution in [0.1, 0.15) is 23.2 Å². The monoisotopic (exact) mass is 279 g/mol. The quantitative estimate of drug-likeness (QED) is 0.273. The van der Waals surface area contributed by atoms with Crippen LogP contribution in [0.2, 0.25) is 0 Å². The van der Waals surface area contributed by atoms with Crippen LogP contribution in [0.3, 0.4) is 0 Å². The zero-order valence-corrected chi connectivity index (χ0v) is 11.0. The second kappa shape index (κ2) is 5.68. The van der Waals surface area contributed by atoms with Crippen LogP contribution < -0.4 is 15.8 Å². The molecule has 0 aliphatic heterocycles. The summed E-state index contributed by atoms with van der Waals surface area (Å²) in [7, 11) is 1.47. The first-order valence-corrected chi connectivity index (χ1v) is 6.22. The number of nitrogens with one attached hydrogen (secondary N) is 1. The van der Waals surface area contributed by atoms with E-state index in [0.717, 1.165) is 12.8 Å². The molecule has 7 nitrogen and oxygen atoms in total. The Balaban J connectivity index is 2.14. The fourth-order valence-corrected chi connectivity index (χ4v) is 1.97. The number of oxime groups is 1. The molecule has 1 aliphatic rings. The number of amidine groups is 1. The summed E-state index contributed by atoms with van der Waals surface area (Å²) >= 11 is 0. The van der Waals surface area contributed by atoms with Crippen LogP contribution in [0, 0.1) is 5.92 Å². The van der Waals surface area contributed by atoms with Crippen LogP contribution in [0.5, 0.6) is 11.5 Å². The Labute approximate surface area is 116 Å². The molecule has 0 aromatic heterocycles. The molecule has 7 heteroatoms. The molecule has 1 aromatic carbocycles. The van der Waals surface area contributed by atoms with Crippen molar-refractivity contribution in [3.8, 4) is 11.5 Å². The summed E-state index contributed by atoms with van der Waals surface area (Å²) in [4.78, 5) is 12.1. The molecule has 20 heavy (non-hydrogen) atoms. The van der Waals surface area contributed by atoms with Gasteiger partial charge in [-0.25, -0.2) is 0 Å². The second-order valence-corrected chi connectivity index (χ2v) is 4.70. The highest BCUT2D eigenvalue weighted by molar-refractivity contribution is 6.00. The number of nitrogens with zero attached hydrogens (tertiary/aromatic N) is 1. The molecule has 1 amide bonds. The van der Waals surface area contributed by atoms with Crippen molar-refractivity contribution in [2.45, 2.75) is 18.9 Å². The second-order valence-electron chi connectivity index (χ2n) is 4.70. The first-order chi connectivity index (χ1) is 9.56. The molecule has 0 radical (unpaired) electrons. The molecule has 1 aromatic rings. The number of methoxy groups -OCH3 is 1. The molecule has 1 atom stereocenters. The van der Waals surface area contributed by atoms with E-state index in [1.54, 1.807) is 6.07 Å². The lowest BCUT2D eigenvalue weighted by molar-refractivity contribution is 0.0940. The maximum absolute atomic E-state index is 12.1. The lowest BCUT2D eigenvalue weighted by atomic mass is 10.1. The van der Waals surface area contributed by atoms with Gasteiger partial charge in [-0.1, -0.05) is 5.16 Å². The van der Waals surface area contributed by atoms with Gasteiger partial charge < -0.3 is 26.1 Å². The van der Waals surface area contributed by atoms with Crippen molar-refractivity contribution in [3.63, 3.8) is 0 Å². The van der Waals surface area contributed by atoms with E-state index in [1.807, 2.05) is 0 Å². The number of ether oxygens (including phenoxy) is 1. The van der Waals surface area contributed by atoms with E-state index >= 15 is 0 Å². The Hall–Kier alpha value is -2.44. The zero-order valence-electron chi connectivity index (χ0n) is 11.0. The topological polar surface area (TPSA) is 117 Å². The third-order valence-electron chi connectivity index (χ3n) is 3.26. The lowest BCUT2D eigenvalue weighted by Crippen LogP contribution is -2.46. The molecular weight excluding hydrogens is 262 g/mol. The van der Waals surface area contributed by atoms with Gasteiger partial charge in [0.25, 0.3) is 5.91 Å². The first-order valence-electron chi connectivity index (χ1n) is 6.22. The maximum Gasteiger partial charge on any atom is 0.255 e. The lowest BCUT2D eigenvalue weighted by Gasteiger charge is -2.17. The van der Waals surface area contributed by atoms with Crippen LogP contribution in [0.25, 0.3) is 0 Å². The summed E-state index contributed by atoms with van der Waals surface area (Å²) in [6.07, 6.45) is 1.82. The predicted molar refractivity (Wildman–Crippen MR) is 72.0 cm³/mol. The highest BCUT2D eigenvalue weighted by Crippen LogP contribution is 2.33. The summed E-state index contributed by atoms with van der Waals surface area (Å²) in [6.45, 7) is 0. The smallest absolute Gasteiger partial charge is 0.255 e. The van der Waals surface area contributed by atoms with Crippen molar-refractivity contribution in [1.29, 1.82) is 0 Å². The minimum atomic E-state index is -0.519. The van der Waals surface area contributed by atoms with E-state index in [1.165, 1.54) is 19.2 Å². The maximum atomic E-state index is 12.1. The van der Waals surface area contributed by atoms with Gasteiger partial charge in [-0.15, -0.1) is 0 Å². The van der Waals surface area contributed by atoms with E-state index in [-0.39, 0.29) is 23.1 Å². The molecule has 0 saturated heterocycles. The summed E-state index contributed by atoms with van der Waals surface area (Å²) in [6, 6.07) is 3.86. The van der Waals surface area contributed by atoms with Crippen LogP contribution in [0.4, 0.5) is 0 Å². The fraction of sp³-hybridized carbons (Fsp3) is 0.385. The molecule has 5 N–H and O–H groups in total. The van der Waals surface area contributed by atoms with Crippen LogP contribution in [-0.2, 0) is 0 Å². The van der Waals surface area contributed by atoms with E-state index in [0.29, 0.717) is 5.75 Å². The largest absolute Gasteiger partial charge is 0.507 e. The number of rotatable bonds is 5. The van der Waals surface area contributed by atoms with Crippen molar-refractivity contribution in [3.05, 3.63) is 23.8 Å². The van der Waals surface area contributed by atoms with Crippen LogP contribution in [0.15, 0.2) is 23.4 Å². The zero-order chi connectivity index (χ0) is 14.7. The van der Waals surface area contributed by atoms with Gasteiger partial charge in [0, 0.05) is 6.07 Å². The first kappa shape index (κ1) is 14.0. The summed E-state index contributed by atoms with van der Waals surface area (Å²) < 4.78 is 4.95. The highest BCUT2D eigenvalue weighted by atomic mass is 16.5. The molecule has 0 spiro atoms. The standard InChI is InChI=1S/C13H17N3O4/c1-20-8-4-5-9(10(17)6-8)13(18)15-11(7-2-3-7)12(14)16-19/h4-7,11,17,19H,2-3H2,1H3,(H2,14,16)(H,15,18). The van der Waals surface area contributed by atoms with E-state index in [9.17, 15) is 9.90 Å². The van der Waals surface area contributed by atoms with Crippen molar-refractivity contribution < 1.29 is 19.8 Å². The Morgan fingerprint density at radius 3 is 2.75 bits per heavy atom. The van der Waals surface area contributed by atoms with Gasteiger partial charge >= 0.3 is 0 Å². The van der Waals surface area contributed by atoms with Crippen molar-refractivity contribution in [2.24, 2.45) is 16.8 Å². The number of benzene rings is 1. The van der Waals surface area contributed by atoms with Gasteiger partial charge in [-0.05, 0) is 30.9 Å². The number of nitrogens with two attached hydrogens (primary N) is 1. The average molecular weight is 279 g/mol. The number of hydrogen-bond donors (Lipinski definition) is 4. The van der Waals surface area contributed by atoms with Crippen LogP contribution in [-0.4, -0.2) is 35.2 Å². The van der Waals surface area contributed by atoms with Gasteiger partial charge in [0.15, 0.2) is 5.84 Å². The number of carbonyl (C=O) groups is 1. The molecule has 1 saturated carbocycles. The molecule has 0 bridgehead atoms. The Morgan fingerprint density at radius 2 is 2.25 bits per heavy atom. The van der Waals surface area contributed by atoms with Gasteiger partial charge in [-0.2, -0.15) is 0 Å². The number of phenolic OH excluding ortho intramolecular Hbond substituents is 1. The molecule has 0 heterocycles. The summed E-state index contributed by atoms with van der Waals surface area (Å²) in [5, 5.41) is 24.2. The number of phenols is 1. The Morgan fingerprint density at radius 1 is 1.55 bits per heavy atom. The predicted octanol–water partition coefficient (Wildman–Crippen LogP) is 0.656. The third kappa shape index (κ3) is 2.93. The minimum absolute atomic E-state index is 0.0335. The number of carbonyl (C=O) groups excluding carboxylic acids is 1. The van der Waals surface area contributed by atoms with E-state index in [2.05, 4.69) is 10.5 Å². The third-order valence-corrected chi connectivity index (χ3v) is 3.26. The molecule has 108 valence electrons. The minimum Gasteiger partial charge on any atom is -0.507 e. The van der Waals surface area contributed by atoms with E-state index < -0.39 is 11.9 Å². The van der Waals surface area contributed by atoms with Crippen molar-refractivity contribution >= 4 is 11.7 Å². The Kier molecular flexibility index (Phi) is 3.97. The highest BCUT2D eigenvalue weighted by Gasteiger charge is 2.35. The van der Waals surface area contributed by atoms with Gasteiger partial charge in [0.2, 0.25) is 0 Å². The van der Waals surface area contributed by atoms with Crippen LogP contribution >= 0.6 is 0 Å². The normalized spacial score (nSPS) is 16.6. The molecule has 1 aliphatic carbocycles. The number of aromatic hydroxyl groups is 1. The number of amides is 1. The molecular formula is C13H17N3O4. The SMILES string of the molecule is COc1ccc(C(=O)NC(C(N)=NO)C2CC2)c(O)c1.